The Hall–Kier alpha value is -3.26. The van der Waals surface area contributed by atoms with E-state index >= 15 is 0 Å². The number of methoxy groups -OCH3 is 1. The number of hydrogen-bond acceptors (Lipinski definition) is 7. The van der Waals surface area contributed by atoms with E-state index in [-0.39, 0.29) is 5.75 Å². The van der Waals surface area contributed by atoms with Crippen molar-refractivity contribution in [2.24, 2.45) is 0 Å². The Kier molecular flexibility index (Phi) is 5.99. The molecule has 0 saturated carbocycles. The zero-order chi connectivity index (χ0) is 22.0. The molecule has 0 atom stereocenters. The fourth-order valence-electron chi connectivity index (χ4n) is 3.56. The zero-order valence-electron chi connectivity index (χ0n) is 17.6. The number of aryl methyl sites for hydroxylation is 1. The lowest BCUT2D eigenvalue weighted by Crippen LogP contribution is -2.03. The van der Waals surface area contributed by atoms with Crippen molar-refractivity contribution in [3.8, 4) is 22.9 Å². The predicted octanol–water partition coefficient (Wildman–Crippen LogP) is 4.64. The fourth-order valence-corrected chi connectivity index (χ4v) is 4.55. The summed E-state index contributed by atoms with van der Waals surface area (Å²) in [7, 11) is 1.63. The van der Waals surface area contributed by atoms with Crippen LogP contribution >= 0.6 is 11.8 Å². The minimum Gasteiger partial charge on any atom is -0.508 e. The second-order valence-corrected chi connectivity index (χ2v) is 7.90. The Bertz CT molecular complexity index is 1300. The zero-order valence-corrected chi connectivity index (χ0v) is 18.4. The molecule has 0 saturated heterocycles. The Morgan fingerprint density at radius 2 is 1.94 bits per heavy atom. The smallest absolute Gasteiger partial charge is 0.336 e. The molecule has 4 aromatic rings. The Morgan fingerprint density at radius 3 is 2.68 bits per heavy atom. The molecule has 0 aliphatic heterocycles. The van der Waals surface area contributed by atoms with Crippen LogP contribution in [0.15, 0.2) is 56.8 Å². The maximum atomic E-state index is 12.1. The van der Waals surface area contributed by atoms with Crippen molar-refractivity contribution < 1.29 is 14.3 Å². The molecule has 2 aromatic heterocycles. The summed E-state index contributed by atoms with van der Waals surface area (Å²) in [5, 5.41) is 20.5. The number of thioether (sulfide) groups is 1. The van der Waals surface area contributed by atoms with Gasteiger partial charge in [0.25, 0.3) is 0 Å². The van der Waals surface area contributed by atoms with E-state index < -0.39 is 5.63 Å². The lowest BCUT2D eigenvalue weighted by Gasteiger charge is -2.11. The standard InChI is InChI=1S/C23H23N3O4S/c1-4-14-10-17-15(11-21(28)30-20(17)12-18(14)27)13-31-23-25-24-22(26(23)5-2)16-8-6-7-9-19(16)29-3/h6-12,27H,4-5,13H2,1-3H3. The van der Waals surface area contributed by atoms with Crippen LogP contribution in [0.1, 0.15) is 25.0 Å². The molecule has 0 bridgehead atoms. The molecule has 0 aliphatic rings. The molecular weight excluding hydrogens is 414 g/mol. The maximum absolute atomic E-state index is 12.1. The van der Waals surface area contributed by atoms with Crippen LogP contribution in [-0.2, 0) is 18.7 Å². The first-order valence-corrected chi connectivity index (χ1v) is 11.0. The van der Waals surface area contributed by atoms with Gasteiger partial charge in [-0.05, 0) is 42.7 Å². The van der Waals surface area contributed by atoms with Gasteiger partial charge in [0.05, 0.1) is 12.7 Å². The van der Waals surface area contributed by atoms with Crippen LogP contribution in [-0.4, -0.2) is 27.0 Å². The first kappa shape index (κ1) is 21.0. The molecule has 4 rings (SSSR count). The van der Waals surface area contributed by atoms with Gasteiger partial charge in [-0.2, -0.15) is 0 Å². The molecule has 0 unspecified atom stereocenters. The molecule has 2 heterocycles. The van der Waals surface area contributed by atoms with E-state index in [1.807, 2.05) is 48.7 Å². The van der Waals surface area contributed by atoms with Gasteiger partial charge in [0.1, 0.15) is 17.1 Å². The summed E-state index contributed by atoms with van der Waals surface area (Å²) in [6.45, 7) is 4.70. The van der Waals surface area contributed by atoms with E-state index in [1.54, 1.807) is 7.11 Å². The van der Waals surface area contributed by atoms with Crippen molar-refractivity contribution in [1.29, 1.82) is 0 Å². The van der Waals surface area contributed by atoms with E-state index in [2.05, 4.69) is 10.2 Å². The van der Waals surface area contributed by atoms with Crippen molar-refractivity contribution >= 4 is 22.7 Å². The molecule has 0 amide bonds. The van der Waals surface area contributed by atoms with E-state index in [0.29, 0.717) is 24.3 Å². The average molecular weight is 438 g/mol. The van der Waals surface area contributed by atoms with Crippen LogP contribution in [0, 0.1) is 0 Å². The number of hydrogen-bond donors (Lipinski definition) is 1. The van der Waals surface area contributed by atoms with Crippen LogP contribution < -0.4 is 10.4 Å². The number of phenols is 1. The minimum atomic E-state index is -0.446. The number of aromatic hydroxyl groups is 1. The molecule has 0 fully saturated rings. The van der Waals surface area contributed by atoms with E-state index in [9.17, 15) is 9.90 Å². The van der Waals surface area contributed by atoms with Crippen LogP contribution in [0.25, 0.3) is 22.4 Å². The van der Waals surface area contributed by atoms with Crippen LogP contribution in [0.3, 0.4) is 0 Å². The van der Waals surface area contributed by atoms with E-state index in [0.717, 1.165) is 38.8 Å². The van der Waals surface area contributed by atoms with Crippen LogP contribution in [0.5, 0.6) is 11.5 Å². The third-order valence-corrected chi connectivity index (χ3v) is 6.16. The molecule has 160 valence electrons. The molecule has 7 nitrogen and oxygen atoms in total. The monoisotopic (exact) mass is 437 g/mol. The molecule has 0 spiro atoms. The maximum Gasteiger partial charge on any atom is 0.336 e. The van der Waals surface area contributed by atoms with Gasteiger partial charge in [-0.25, -0.2) is 4.79 Å². The molecule has 8 heteroatoms. The van der Waals surface area contributed by atoms with Crippen LogP contribution in [0.2, 0.25) is 0 Å². The number of rotatable bonds is 7. The summed E-state index contributed by atoms with van der Waals surface area (Å²) < 4.78 is 12.8. The van der Waals surface area contributed by atoms with Gasteiger partial charge in [-0.15, -0.1) is 10.2 Å². The number of aromatic nitrogens is 3. The summed E-state index contributed by atoms with van der Waals surface area (Å²) in [4.78, 5) is 12.1. The molecule has 0 radical (unpaired) electrons. The third-order valence-electron chi connectivity index (χ3n) is 5.15. The number of ether oxygens (including phenoxy) is 1. The quantitative estimate of drug-likeness (QED) is 0.333. The highest BCUT2D eigenvalue weighted by molar-refractivity contribution is 7.98. The first-order chi connectivity index (χ1) is 15.0. The van der Waals surface area contributed by atoms with Crippen molar-refractivity contribution in [1.82, 2.24) is 14.8 Å². The Labute approximate surface area is 183 Å². The number of benzene rings is 2. The summed E-state index contributed by atoms with van der Waals surface area (Å²) >= 11 is 1.50. The minimum absolute atomic E-state index is 0.134. The first-order valence-electron chi connectivity index (χ1n) is 10.0. The van der Waals surface area contributed by atoms with Crippen molar-refractivity contribution in [2.75, 3.05) is 7.11 Å². The van der Waals surface area contributed by atoms with Gasteiger partial charge in [-0.1, -0.05) is 30.8 Å². The largest absolute Gasteiger partial charge is 0.508 e. The number of para-hydroxylation sites is 1. The second kappa shape index (κ2) is 8.85. The Morgan fingerprint density at radius 1 is 1.13 bits per heavy atom. The number of fused-ring (bicyclic) bond motifs is 1. The van der Waals surface area contributed by atoms with Gasteiger partial charge in [-0.3, -0.25) is 0 Å². The van der Waals surface area contributed by atoms with E-state index in [4.69, 9.17) is 9.15 Å². The van der Waals surface area contributed by atoms with Gasteiger partial charge in [0.2, 0.25) is 0 Å². The van der Waals surface area contributed by atoms with Gasteiger partial charge in [0.15, 0.2) is 11.0 Å². The SMILES string of the molecule is CCc1cc2c(CSc3nnc(-c4ccccc4OC)n3CC)cc(=O)oc2cc1O. The van der Waals surface area contributed by atoms with Gasteiger partial charge < -0.3 is 18.8 Å². The van der Waals surface area contributed by atoms with E-state index in [1.165, 1.54) is 23.9 Å². The fraction of sp³-hybridized carbons (Fsp3) is 0.261. The van der Waals surface area contributed by atoms with Gasteiger partial charge >= 0.3 is 5.63 Å². The highest BCUT2D eigenvalue weighted by Gasteiger charge is 2.17. The predicted molar refractivity (Wildman–Crippen MR) is 121 cm³/mol. The normalized spacial score (nSPS) is 11.2. The van der Waals surface area contributed by atoms with Gasteiger partial charge in [0, 0.05) is 29.8 Å². The summed E-state index contributed by atoms with van der Waals surface area (Å²) in [6.07, 6.45) is 0.680. The highest BCUT2D eigenvalue weighted by Crippen LogP contribution is 2.33. The number of phenolic OH excluding ortho intramolecular Hbond substituents is 1. The summed E-state index contributed by atoms with van der Waals surface area (Å²) in [5.41, 5.74) is 2.45. The second-order valence-electron chi connectivity index (χ2n) is 6.96. The molecular formula is C23H23N3O4S. The Balaban J connectivity index is 1.70. The summed E-state index contributed by atoms with van der Waals surface area (Å²) in [5.74, 6) is 2.12. The lowest BCUT2D eigenvalue weighted by molar-refractivity contribution is 0.416. The molecule has 1 N–H and O–H groups in total. The lowest BCUT2D eigenvalue weighted by atomic mass is 10.1. The molecule has 2 aromatic carbocycles. The van der Waals surface area contributed by atoms with Crippen molar-refractivity contribution in [3.05, 3.63) is 64.0 Å². The average Bonchev–Trinajstić information content (AvgIpc) is 3.19. The number of nitrogens with zero attached hydrogens (tertiary/aromatic N) is 3. The van der Waals surface area contributed by atoms with Crippen LogP contribution in [0.4, 0.5) is 0 Å². The van der Waals surface area contributed by atoms with Crippen molar-refractivity contribution in [3.63, 3.8) is 0 Å². The topological polar surface area (TPSA) is 90.4 Å². The molecule has 31 heavy (non-hydrogen) atoms. The highest BCUT2D eigenvalue weighted by atomic mass is 32.2. The summed E-state index contributed by atoms with van der Waals surface area (Å²) in [6, 6.07) is 12.6. The van der Waals surface area contributed by atoms with Crippen molar-refractivity contribution in [2.45, 2.75) is 37.7 Å². The third kappa shape index (κ3) is 4.03. The molecule has 0 aliphatic carbocycles.